The number of benzene rings is 2. The van der Waals surface area contributed by atoms with E-state index in [1.54, 1.807) is 4.90 Å². The van der Waals surface area contributed by atoms with E-state index in [0.29, 0.717) is 6.07 Å². The lowest BCUT2D eigenvalue weighted by molar-refractivity contribution is -0.121. The summed E-state index contributed by atoms with van der Waals surface area (Å²) in [6.07, 6.45) is 0. The number of sulfonamides is 1. The molecule has 2 N–H and O–H groups in total. The Morgan fingerprint density at radius 3 is 2.26 bits per heavy atom. The zero-order valence-corrected chi connectivity index (χ0v) is 17.4. The van der Waals surface area contributed by atoms with Crippen LogP contribution in [0.4, 0.5) is 13.6 Å². The van der Waals surface area contributed by atoms with Crippen molar-refractivity contribution in [2.45, 2.75) is 11.4 Å². The zero-order chi connectivity index (χ0) is 22.4. The van der Waals surface area contributed by atoms with E-state index in [-0.39, 0.29) is 44.2 Å². The number of carbonyl (C=O) groups is 2. The van der Waals surface area contributed by atoms with Crippen LogP contribution in [0.2, 0.25) is 0 Å². The minimum Gasteiger partial charge on any atom is -0.334 e. The zero-order valence-electron chi connectivity index (χ0n) is 16.6. The molecule has 8 nitrogen and oxygen atoms in total. The van der Waals surface area contributed by atoms with Gasteiger partial charge in [0.25, 0.3) is 0 Å². The van der Waals surface area contributed by atoms with Gasteiger partial charge in [0.1, 0.15) is 0 Å². The highest BCUT2D eigenvalue weighted by atomic mass is 32.2. The number of nitrogens with one attached hydrogen (secondary N) is 2. The van der Waals surface area contributed by atoms with Gasteiger partial charge in [-0.1, -0.05) is 30.3 Å². The number of hydrogen-bond donors (Lipinski definition) is 2. The summed E-state index contributed by atoms with van der Waals surface area (Å²) < 4.78 is 52.8. The molecular formula is C20H22F2N4O4S. The molecule has 0 unspecified atom stereocenters. The average molecular weight is 452 g/mol. The van der Waals surface area contributed by atoms with Crippen LogP contribution in [0.3, 0.4) is 0 Å². The van der Waals surface area contributed by atoms with Crippen LogP contribution in [0.1, 0.15) is 5.56 Å². The number of urea groups is 1. The summed E-state index contributed by atoms with van der Waals surface area (Å²) in [4.78, 5) is 25.3. The van der Waals surface area contributed by atoms with Crippen molar-refractivity contribution in [3.63, 3.8) is 0 Å². The van der Waals surface area contributed by atoms with E-state index in [1.807, 2.05) is 30.3 Å². The van der Waals surface area contributed by atoms with E-state index in [4.69, 9.17) is 0 Å². The standard InChI is InChI=1S/C20H22F2N4O4S/c21-17-7-6-16(12-18(17)22)31(29,30)26-10-8-25(9-11-26)14-19(27)24-20(28)23-13-15-4-2-1-3-5-15/h1-7,12H,8-11,13-14H2,(H2,23,24,27,28). The smallest absolute Gasteiger partial charge is 0.321 e. The average Bonchev–Trinajstić information content (AvgIpc) is 2.75. The van der Waals surface area contributed by atoms with Crippen LogP contribution in [0, 0.1) is 11.6 Å². The third-order valence-electron chi connectivity index (χ3n) is 4.78. The Hall–Kier alpha value is -2.89. The number of amides is 3. The highest BCUT2D eigenvalue weighted by Crippen LogP contribution is 2.19. The summed E-state index contributed by atoms with van der Waals surface area (Å²) in [7, 11) is -3.97. The van der Waals surface area contributed by atoms with Crippen molar-refractivity contribution in [2.75, 3.05) is 32.7 Å². The van der Waals surface area contributed by atoms with E-state index >= 15 is 0 Å². The van der Waals surface area contributed by atoms with E-state index in [2.05, 4.69) is 10.6 Å². The third-order valence-corrected chi connectivity index (χ3v) is 6.67. The molecule has 0 aromatic heterocycles. The monoisotopic (exact) mass is 452 g/mol. The quantitative estimate of drug-likeness (QED) is 0.689. The molecule has 0 bridgehead atoms. The molecule has 1 fully saturated rings. The van der Waals surface area contributed by atoms with Crippen molar-refractivity contribution < 1.29 is 26.8 Å². The molecule has 0 spiro atoms. The molecule has 31 heavy (non-hydrogen) atoms. The number of hydrogen-bond acceptors (Lipinski definition) is 5. The van der Waals surface area contributed by atoms with Crippen molar-refractivity contribution in [1.82, 2.24) is 19.8 Å². The summed E-state index contributed by atoms with van der Waals surface area (Å²) in [6.45, 7) is 0.867. The normalized spacial score (nSPS) is 15.4. The van der Waals surface area contributed by atoms with Crippen LogP contribution >= 0.6 is 0 Å². The summed E-state index contributed by atoms with van der Waals surface area (Å²) in [5, 5.41) is 4.82. The van der Waals surface area contributed by atoms with Crippen molar-refractivity contribution in [3.05, 3.63) is 65.7 Å². The van der Waals surface area contributed by atoms with Gasteiger partial charge in [-0.25, -0.2) is 22.0 Å². The van der Waals surface area contributed by atoms with Gasteiger partial charge in [-0.15, -0.1) is 0 Å². The fourth-order valence-electron chi connectivity index (χ4n) is 3.11. The molecule has 2 aromatic rings. The summed E-state index contributed by atoms with van der Waals surface area (Å²) in [6, 6.07) is 11.0. The maximum atomic E-state index is 13.4. The van der Waals surface area contributed by atoms with Gasteiger partial charge < -0.3 is 5.32 Å². The molecule has 11 heteroatoms. The van der Waals surface area contributed by atoms with Crippen molar-refractivity contribution in [3.8, 4) is 0 Å². The van der Waals surface area contributed by atoms with Gasteiger partial charge in [-0.2, -0.15) is 4.31 Å². The molecule has 2 aromatic carbocycles. The van der Waals surface area contributed by atoms with Crippen LogP contribution < -0.4 is 10.6 Å². The lowest BCUT2D eigenvalue weighted by atomic mass is 10.2. The van der Waals surface area contributed by atoms with Gasteiger partial charge in [-0.05, 0) is 23.8 Å². The Morgan fingerprint density at radius 1 is 0.935 bits per heavy atom. The van der Waals surface area contributed by atoms with Gasteiger partial charge in [0.15, 0.2) is 11.6 Å². The van der Waals surface area contributed by atoms with Gasteiger partial charge in [0, 0.05) is 32.7 Å². The second kappa shape index (κ2) is 9.94. The first-order chi connectivity index (χ1) is 14.8. The van der Waals surface area contributed by atoms with Gasteiger partial charge in [-0.3, -0.25) is 15.0 Å². The van der Waals surface area contributed by atoms with Crippen LogP contribution in [-0.2, 0) is 21.4 Å². The van der Waals surface area contributed by atoms with Crippen LogP contribution in [0.15, 0.2) is 53.4 Å². The van der Waals surface area contributed by atoms with E-state index < -0.39 is 33.6 Å². The molecule has 0 aliphatic carbocycles. The molecule has 0 atom stereocenters. The van der Waals surface area contributed by atoms with E-state index in [0.717, 1.165) is 22.0 Å². The van der Waals surface area contributed by atoms with Crippen molar-refractivity contribution in [1.29, 1.82) is 0 Å². The highest BCUT2D eigenvalue weighted by Gasteiger charge is 2.29. The maximum absolute atomic E-state index is 13.4. The van der Waals surface area contributed by atoms with Gasteiger partial charge >= 0.3 is 6.03 Å². The first-order valence-electron chi connectivity index (χ1n) is 9.55. The predicted octanol–water partition coefficient (Wildman–Crippen LogP) is 1.30. The molecule has 3 rings (SSSR count). The summed E-state index contributed by atoms with van der Waals surface area (Å²) >= 11 is 0. The number of rotatable bonds is 6. The number of imide groups is 1. The second-order valence-corrected chi connectivity index (χ2v) is 8.91. The molecule has 1 aliphatic heterocycles. The highest BCUT2D eigenvalue weighted by molar-refractivity contribution is 7.89. The largest absolute Gasteiger partial charge is 0.334 e. The Balaban J connectivity index is 1.45. The second-order valence-electron chi connectivity index (χ2n) is 6.97. The maximum Gasteiger partial charge on any atom is 0.321 e. The number of halogens is 2. The minimum absolute atomic E-state index is 0.0716. The van der Waals surface area contributed by atoms with Crippen molar-refractivity contribution in [2.24, 2.45) is 0 Å². The number of carbonyl (C=O) groups excluding carboxylic acids is 2. The molecule has 3 amide bonds. The summed E-state index contributed by atoms with van der Waals surface area (Å²) in [5.41, 5.74) is 0.892. The Bertz CT molecular complexity index is 1040. The molecule has 1 heterocycles. The fraction of sp³-hybridized carbons (Fsp3) is 0.300. The van der Waals surface area contributed by atoms with Crippen LogP contribution in [0.5, 0.6) is 0 Å². The SMILES string of the molecule is O=C(CN1CCN(S(=O)(=O)c2ccc(F)c(F)c2)CC1)NC(=O)NCc1ccccc1. The molecule has 0 radical (unpaired) electrons. The van der Waals surface area contributed by atoms with Crippen LogP contribution in [0.25, 0.3) is 0 Å². The molecule has 1 aliphatic rings. The third kappa shape index (κ3) is 6.06. The Morgan fingerprint density at radius 2 is 1.61 bits per heavy atom. The fourth-order valence-corrected chi connectivity index (χ4v) is 4.54. The molecular weight excluding hydrogens is 430 g/mol. The van der Waals surface area contributed by atoms with Gasteiger partial charge in [0.2, 0.25) is 15.9 Å². The Labute approximate surface area is 178 Å². The van der Waals surface area contributed by atoms with Gasteiger partial charge in [0.05, 0.1) is 11.4 Å². The molecule has 0 saturated carbocycles. The Kier molecular flexibility index (Phi) is 7.31. The number of nitrogens with zero attached hydrogens (tertiary/aromatic N) is 2. The molecule has 166 valence electrons. The van der Waals surface area contributed by atoms with E-state index in [9.17, 15) is 26.8 Å². The summed E-state index contributed by atoms with van der Waals surface area (Å²) in [5.74, 6) is -2.87. The topological polar surface area (TPSA) is 98.8 Å². The minimum atomic E-state index is -3.97. The first kappa shape index (κ1) is 22.8. The van der Waals surface area contributed by atoms with Crippen molar-refractivity contribution >= 4 is 22.0 Å². The van der Waals surface area contributed by atoms with Crippen LogP contribution in [-0.4, -0.2) is 62.3 Å². The lowest BCUT2D eigenvalue weighted by Crippen LogP contribution is -2.52. The molecule has 1 saturated heterocycles. The first-order valence-corrected chi connectivity index (χ1v) is 11.0. The predicted molar refractivity (Wildman–Crippen MR) is 108 cm³/mol. The number of piperazine rings is 1. The van der Waals surface area contributed by atoms with E-state index in [1.165, 1.54) is 0 Å². The lowest BCUT2D eigenvalue weighted by Gasteiger charge is -2.33.